The van der Waals surface area contributed by atoms with Crippen LogP contribution >= 0.6 is 24.0 Å². The summed E-state index contributed by atoms with van der Waals surface area (Å²) in [6, 6.07) is 8.43. The van der Waals surface area contributed by atoms with Gasteiger partial charge in [-0.3, -0.25) is 9.59 Å². The molecule has 0 saturated heterocycles. The van der Waals surface area contributed by atoms with Gasteiger partial charge < -0.3 is 20.5 Å². The van der Waals surface area contributed by atoms with Gasteiger partial charge in [0.25, 0.3) is 11.8 Å². The van der Waals surface area contributed by atoms with Gasteiger partial charge in [-0.15, -0.1) is 0 Å². The molecule has 2 aliphatic heterocycles. The van der Waals surface area contributed by atoms with E-state index in [0.717, 1.165) is 46.2 Å². The summed E-state index contributed by atoms with van der Waals surface area (Å²) in [6.07, 6.45) is 3.57. The Kier molecular flexibility index (Phi) is 11.7. The number of aliphatic hydroxyl groups excluding tert-OH is 1. The number of rotatable bonds is 7. The molecule has 2 heterocycles. The van der Waals surface area contributed by atoms with E-state index in [2.05, 4.69) is 83.4 Å². The lowest BCUT2D eigenvalue weighted by molar-refractivity contribution is -0.117. The molecule has 0 spiro atoms. The molecule has 2 aromatic carbocycles. The van der Waals surface area contributed by atoms with Gasteiger partial charge >= 0.3 is 0 Å². The predicted molar refractivity (Wildman–Crippen MR) is 197 cm³/mol. The number of thioether (sulfide) groups is 1. The van der Waals surface area contributed by atoms with Crippen LogP contribution in [-0.4, -0.2) is 38.6 Å². The van der Waals surface area contributed by atoms with Crippen molar-refractivity contribution in [3.63, 3.8) is 0 Å². The number of carbonyl (C=O) groups is 2. The van der Waals surface area contributed by atoms with Crippen molar-refractivity contribution in [1.82, 2.24) is 10.6 Å². The second-order valence-electron chi connectivity index (χ2n) is 13.5. The van der Waals surface area contributed by atoms with Gasteiger partial charge in [-0.1, -0.05) is 88.7 Å². The van der Waals surface area contributed by atoms with Crippen molar-refractivity contribution in [1.29, 1.82) is 0 Å². The molecule has 2 amide bonds. The highest BCUT2D eigenvalue weighted by Crippen LogP contribution is 2.42. The van der Waals surface area contributed by atoms with E-state index < -0.39 is 11.1 Å². The van der Waals surface area contributed by atoms with Crippen LogP contribution in [0.1, 0.15) is 99.9 Å². The highest BCUT2D eigenvalue weighted by molar-refractivity contribution is 8.22. The molecule has 0 bridgehead atoms. The zero-order chi connectivity index (χ0) is 34.9. The molecule has 4 rings (SSSR count). The number of hydrogen-bond donors (Lipinski definition) is 3. The van der Waals surface area contributed by atoms with Crippen LogP contribution in [0.25, 0.3) is 11.1 Å². The molecule has 2 atom stereocenters. The van der Waals surface area contributed by atoms with Gasteiger partial charge in [0.2, 0.25) is 4.38 Å². The number of aliphatic hydroxyl groups is 1. The van der Waals surface area contributed by atoms with Crippen LogP contribution in [0.3, 0.4) is 0 Å². The molecule has 0 aromatic heterocycles. The van der Waals surface area contributed by atoms with Crippen molar-refractivity contribution in [3.05, 3.63) is 80.3 Å². The summed E-state index contributed by atoms with van der Waals surface area (Å²) in [7, 11) is 0. The summed E-state index contributed by atoms with van der Waals surface area (Å²) < 4.78 is 6.48. The minimum absolute atomic E-state index is 0.0863. The van der Waals surface area contributed by atoms with Crippen LogP contribution in [0.15, 0.2) is 35.8 Å². The van der Waals surface area contributed by atoms with E-state index in [9.17, 15) is 14.7 Å². The zero-order valence-electron chi connectivity index (χ0n) is 29.9. The lowest BCUT2D eigenvalue weighted by Crippen LogP contribution is -2.46. The highest BCUT2D eigenvalue weighted by Gasteiger charge is 2.47. The molecule has 46 heavy (non-hydrogen) atoms. The van der Waals surface area contributed by atoms with E-state index in [-0.39, 0.29) is 29.4 Å². The monoisotopic (exact) mass is 664 g/mol. The molecule has 0 saturated carbocycles. The van der Waals surface area contributed by atoms with E-state index in [4.69, 9.17) is 17.0 Å². The van der Waals surface area contributed by atoms with Gasteiger partial charge in [-0.25, -0.2) is 0 Å². The Balaban J connectivity index is 0.000000254. The Morgan fingerprint density at radius 1 is 0.804 bits per heavy atom. The van der Waals surface area contributed by atoms with Crippen LogP contribution in [0.5, 0.6) is 0 Å². The average molecular weight is 665 g/mol. The molecule has 0 fully saturated rings. The van der Waals surface area contributed by atoms with Gasteiger partial charge in [-0.05, 0) is 118 Å². The maximum atomic E-state index is 13.0. The first-order chi connectivity index (χ1) is 21.4. The first kappa shape index (κ1) is 37.4. The molecule has 6 nitrogen and oxygen atoms in total. The molecular weight excluding hydrogens is 613 g/mol. The molecule has 2 aliphatic rings. The maximum Gasteiger partial charge on any atom is 0.256 e. The largest absolute Gasteiger partial charge is 0.509 e. The van der Waals surface area contributed by atoms with Gasteiger partial charge in [0.1, 0.15) is 11.5 Å². The highest BCUT2D eigenvalue weighted by atomic mass is 32.2. The van der Waals surface area contributed by atoms with Gasteiger partial charge in [0.15, 0.2) is 0 Å². The van der Waals surface area contributed by atoms with Gasteiger partial charge in [-0.2, -0.15) is 0 Å². The number of carbonyl (C=O) groups excluding carboxylic acids is 2. The van der Waals surface area contributed by atoms with Crippen molar-refractivity contribution < 1.29 is 19.4 Å². The molecule has 3 N–H and O–H groups in total. The lowest BCUT2D eigenvalue weighted by atomic mass is 9.84. The minimum Gasteiger partial charge on any atom is -0.509 e. The standard InChI is InChI=1S/C20H27NO2S2.C18H25NO2/c1-8-14-10-12(4)9-13(5)15(14)16-17(23-19(24)25-7)20(6,11(2)3)21-18(16)22;1-7-13-9-11(4)8-12(5)14(13)15-16(20)18(6,10(2)3)19-17(15)21/h9-11H,8H2,1-7H3,(H,21,22);8-10,20H,7H2,1-6H3,(H,19,21). The number of nitrogens with one attached hydrogen (secondary N) is 2. The van der Waals surface area contributed by atoms with Crippen molar-refractivity contribution >= 4 is 51.3 Å². The fourth-order valence-corrected chi connectivity index (χ4v) is 6.64. The first-order valence-corrected chi connectivity index (χ1v) is 17.8. The third kappa shape index (κ3) is 6.93. The second-order valence-corrected chi connectivity index (χ2v) is 15.0. The number of ether oxygens (including phenoxy) is 1. The topological polar surface area (TPSA) is 87.7 Å². The van der Waals surface area contributed by atoms with Gasteiger partial charge in [0, 0.05) is 0 Å². The Bertz CT molecular complexity index is 1620. The smallest absolute Gasteiger partial charge is 0.256 e. The van der Waals surface area contributed by atoms with Crippen molar-refractivity contribution in [2.75, 3.05) is 6.26 Å². The number of aryl methyl sites for hydroxylation is 6. The first-order valence-electron chi connectivity index (χ1n) is 16.2. The number of amides is 2. The number of benzene rings is 2. The maximum absolute atomic E-state index is 13.0. The fourth-order valence-electron chi connectivity index (χ4n) is 6.39. The van der Waals surface area contributed by atoms with Gasteiger partial charge in [0.05, 0.1) is 22.2 Å². The fraction of sp³-hybridized carbons (Fsp3) is 0.500. The van der Waals surface area contributed by atoms with Crippen LogP contribution < -0.4 is 10.6 Å². The van der Waals surface area contributed by atoms with Crippen molar-refractivity contribution in [3.8, 4) is 0 Å². The normalized spacial score (nSPS) is 21.1. The van der Waals surface area contributed by atoms with Crippen molar-refractivity contribution in [2.45, 2.75) is 107 Å². The van der Waals surface area contributed by atoms with E-state index in [1.165, 1.54) is 22.9 Å². The molecular formula is C38H52N2O4S2. The average Bonchev–Trinajstić information content (AvgIpc) is 3.36. The zero-order valence-corrected chi connectivity index (χ0v) is 31.5. The number of thiocarbonyl (C=S) groups is 1. The quantitative estimate of drug-likeness (QED) is 0.258. The summed E-state index contributed by atoms with van der Waals surface area (Å²) in [5.74, 6) is 0.846. The Labute approximate surface area is 285 Å². The van der Waals surface area contributed by atoms with E-state index >= 15 is 0 Å². The van der Waals surface area contributed by atoms with Crippen LogP contribution in [0.4, 0.5) is 0 Å². The van der Waals surface area contributed by atoms with Crippen LogP contribution in [0, 0.1) is 39.5 Å². The number of hydrogen-bond acceptors (Lipinski definition) is 6. The van der Waals surface area contributed by atoms with E-state index in [0.29, 0.717) is 21.3 Å². The van der Waals surface area contributed by atoms with Crippen LogP contribution in [0.2, 0.25) is 0 Å². The predicted octanol–water partition coefficient (Wildman–Crippen LogP) is 8.47. The molecule has 2 unspecified atom stereocenters. The molecule has 8 heteroatoms. The third-order valence-electron chi connectivity index (χ3n) is 9.67. The Hall–Kier alpha value is -3.10. The summed E-state index contributed by atoms with van der Waals surface area (Å²) >= 11 is 6.68. The molecule has 0 radical (unpaired) electrons. The summed E-state index contributed by atoms with van der Waals surface area (Å²) in [6.45, 7) is 24.4. The Morgan fingerprint density at radius 2 is 1.22 bits per heavy atom. The van der Waals surface area contributed by atoms with E-state index in [1.807, 2.05) is 40.9 Å². The summed E-state index contributed by atoms with van der Waals surface area (Å²) in [5, 5.41) is 16.8. The lowest BCUT2D eigenvalue weighted by Gasteiger charge is -2.31. The Morgan fingerprint density at radius 3 is 1.61 bits per heavy atom. The summed E-state index contributed by atoms with van der Waals surface area (Å²) in [4.78, 5) is 25.5. The van der Waals surface area contributed by atoms with Crippen LogP contribution in [-0.2, 0) is 27.2 Å². The second kappa shape index (κ2) is 14.3. The SMILES string of the molecule is CCc1cc(C)cc(C)c1C1=C(O)C(C)(C(C)C)NC1=O.CCc1cc(C)cc(C)c1C1=C(OC(=S)SC)C(C)(C(C)C)NC1=O. The molecule has 250 valence electrons. The molecule has 0 aliphatic carbocycles. The molecule has 2 aromatic rings. The van der Waals surface area contributed by atoms with Crippen molar-refractivity contribution in [2.24, 2.45) is 11.8 Å². The third-order valence-corrected chi connectivity index (χ3v) is 10.7. The summed E-state index contributed by atoms with van der Waals surface area (Å²) in [5.41, 5.74) is 8.46. The van der Waals surface area contributed by atoms with E-state index in [1.54, 1.807) is 0 Å². The minimum atomic E-state index is -0.686.